The van der Waals surface area contributed by atoms with Crippen molar-refractivity contribution in [3.8, 4) is 11.5 Å². The van der Waals surface area contributed by atoms with E-state index < -0.39 is 5.79 Å². The molecule has 182 valence electrons. The number of ether oxygens (including phenoxy) is 2. The average molecular weight is 466 g/mol. The molecule has 7 nitrogen and oxygen atoms in total. The Morgan fingerprint density at radius 1 is 1.06 bits per heavy atom. The fourth-order valence-electron chi connectivity index (χ4n) is 6.02. The Morgan fingerprint density at radius 2 is 1.71 bits per heavy atom. The molecule has 1 saturated carbocycles. The molecule has 5 rings (SSSR count). The second-order valence-corrected chi connectivity index (χ2v) is 10.5. The van der Waals surface area contributed by atoms with Gasteiger partial charge in [0.25, 0.3) is 17.3 Å². The highest BCUT2D eigenvalue weighted by Gasteiger charge is 2.48. The van der Waals surface area contributed by atoms with E-state index in [1.54, 1.807) is 4.90 Å². The molecular weight excluding hydrogens is 430 g/mol. The Labute approximate surface area is 200 Å². The molecule has 1 fully saturated rings. The lowest BCUT2D eigenvalue weighted by Gasteiger charge is -2.36. The number of aromatic amines is 1. The zero-order valence-corrected chi connectivity index (χ0v) is 20.8. The maximum absolute atomic E-state index is 13.7. The number of rotatable bonds is 3. The van der Waals surface area contributed by atoms with E-state index in [2.05, 4.69) is 4.98 Å². The minimum absolute atomic E-state index is 0.0510. The molecule has 1 aromatic carbocycles. The van der Waals surface area contributed by atoms with E-state index in [1.807, 2.05) is 40.7 Å². The van der Waals surface area contributed by atoms with Gasteiger partial charge in [-0.1, -0.05) is 0 Å². The number of hydrogen-bond donors (Lipinski definition) is 2. The van der Waals surface area contributed by atoms with Crippen LogP contribution in [0.15, 0.2) is 10.9 Å². The molecule has 0 spiro atoms. The van der Waals surface area contributed by atoms with Gasteiger partial charge in [-0.25, -0.2) is 0 Å². The van der Waals surface area contributed by atoms with Gasteiger partial charge in [0.15, 0.2) is 11.5 Å². The van der Waals surface area contributed by atoms with Gasteiger partial charge in [0.05, 0.1) is 6.54 Å². The SMILES string of the molecule is Cc1cc(C)c(CN2CCc3c(C)c4c(c(C)c3C2=O)OC(C)([C@H]2CC[C@H](N)CC2)O4)c(=O)[nH]1. The highest BCUT2D eigenvalue weighted by Crippen LogP contribution is 2.51. The summed E-state index contributed by atoms with van der Waals surface area (Å²) < 4.78 is 13.0. The second-order valence-electron chi connectivity index (χ2n) is 10.5. The first-order chi connectivity index (χ1) is 16.1. The molecule has 1 atom stereocenters. The van der Waals surface area contributed by atoms with Crippen molar-refractivity contribution in [2.45, 2.75) is 85.1 Å². The first kappa shape index (κ1) is 23.0. The van der Waals surface area contributed by atoms with E-state index in [0.29, 0.717) is 30.0 Å². The number of carbonyl (C=O) groups excluding carboxylic acids is 1. The molecule has 7 heteroatoms. The van der Waals surface area contributed by atoms with Crippen LogP contribution < -0.4 is 20.8 Å². The molecule has 2 aliphatic heterocycles. The Balaban J connectivity index is 1.47. The van der Waals surface area contributed by atoms with Crippen LogP contribution in [0.2, 0.25) is 0 Å². The molecule has 0 radical (unpaired) electrons. The summed E-state index contributed by atoms with van der Waals surface area (Å²) in [6, 6.07) is 2.21. The lowest BCUT2D eigenvalue weighted by Crippen LogP contribution is -2.46. The van der Waals surface area contributed by atoms with Crippen LogP contribution in [0.4, 0.5) is 0 Å². The number of carbonyl (C=O) groups is 1. The van der Waals surface area contributed by atoms with Gasteiger partial charge in [-0.3, -0.25) is 9.59 Å². The average Bonchev–Trinajstić information content (AvgIpc) is 3.15. The maximum atomic E-state index is 13.7. The third-order valence-corrected chi connectivity index (χ3v) is 8.12. The zero-order chi connectivity index (χ0) is 24.4. The number of amides is 1. The minimum atomic E-state index is -0.739. The Morgan fingerprint density at radius 3 is 2.35 bits per heavy atom. The van der Waals surface area contributed by atoms with Gasteiger partial charge in [-0.15, -0.1) is 0 Å². The van der Waals surface area contributed by atoms with Gasteiger partial charge in [0.2, 0.25) is 0 Å². The van der Waals surface area contributed by atoms with Crippen molar-refractivity contribution in [1.82, 2.24) is 9.88 Å². The molecule has 1 unspecified atom stereocenters. The number of aromatic nitrogens is 1. The Kier molecular flexibility index (Phi) is 5.51. The van der Waals surface area contributed by atoms with Crippen LogP contribution >= 0.6 is 0 Å². The number of nitrogens with zero attached hydrogens (tertiary/aromatic N) is 1. The fourth-order valence-corrected chi connectivity index (χ4v) is 6.02. The number of nitrogens with two attached hydrogens (primary N) is 1. The number of pyridine rings is 1. The van der Waals surface area contributed by atoms with Crippen molar-refractivity contribution in [1.29, 1.82) is 0 Å². The molecule has 1 amide bonds. The van der Waals surface area contributed by atoms with E-state index in [4.69, 9.17) is 15.2 Å². The maximum Gasteiger partial charge on any atom is 0.254 e. The van der Waals surface area contributed by atoms with Crippen molar-refractivity contribution >= 4 is 5.91 Å². The highest BCUT2D eigenvalue weighted by molar-refractivity contribution is 6.00. The standard InChI is InChI=1S/C27H35N3O4/c1-14-12-15(2)29-25(31)21(14)13-30-11-10-20-16(3)23-24(17(4)22(20)26(30)32)34-27(5,33-23)18-6-8-19(28)9-7-18/h12,18-19H,6-11,13,28H2,1-5H3,(H,29,31)/t18-,19-,27?. The molecule has 34 heavy (non-hydrogen) atoms. The van der Waals surface area contributed by atoms with Gasteiger partial charge in [-0.2, -0.15) is 0 Å². The summed E-state index contributed by atoms with van der Waals surface area (Å²) in [4.78, 5) is 30.9. The first-order valence-electron chi connectivity index (χ1n) is 12.4. The summed E-state index contributed by atoms with van der Waals surface area (Å²) in [5.74, 6) is 0.939. The normalized spacial score (nSPS) is 26.1. The third kappa shape index (κ3) is 3.61. The highest BCUT2D eigenvalue weighted by atomic mass is 16.7. The zero-order valence-electron chi connectivity index (χ0n) is 20.8. The van der Waals surface area contributed by atoms with Gasteiger partial charge in [-0.05, 0) is 82.6 Å². The van der Waals surface area contributed by atoms with Crippen LogP contribution in [0, 0.1) is 33.6 Å². The second kappa shape index (κ2) is 8.15. The predicted octanol–water partition coefficient (Wildman–Crippen LogP) is 3.81. The predicted molar refractivity (Wildman–Crippen MR) is 130 cm³/mol. The van der Waals surface area contributed by atoms with E-state index in [1.165, 1.54) is 0 Å². The number of nitrogens with one attached hydrogen (secondary N) is 1. The molecule has 3 heterocycles. The number of benzene rings is 1. The van der Waals surface area contributed by atoms with Gasteiger partial charge >= 0.3 is 0 Å². The molecule has 0 saturated heterocycles. The lowest BCUT2D eigenvalue weighted by molar-refractivity contribution is -0.121. The molecule has 1 aliphatic carbocycles. The van der Waals surface area contributed by atoms with E-state index in [9.17, 15) is 9.59 Å². The fraction of sp³-hybridized carbons (Fsp3) is 0.556. The van der Waals surface area contributed by atoms with Crippen LogP contribution in [-0.4, -0.2) is 34.2 Å². The summed E-state index contributed by atoms with van der Waals surface area (Å²) >= 11 is 0. The van der Waals surface area contributed by atoms with Crippen molar-refractivity contribution in [2.24, 2.45) is 11.7 Å². The monoisotopic (exact) mass is 465 g/mol. The Bertz CT molecular complexity index is 1230. The van der Waals surface area contributed by atoms with E-state index >= 15 is 0 Å². The van der Waals surface area contributed by atoms with Gasteiger partial charge in [0, 0.05) is 47.8 Å². The van der Waals surface area contributed by atoms with Crippen LogP contribution in [0.1, 0.15) is 76.5 Å². The van der Waals surface area contributed by atoms with Crippen LogP contribution in [-0.2, 0) is 13.0 Å². The summed E-state index contributed by atoms with van der Waals surface area (Å²) in [6.07, 6.45) is 4.62. The minimum Gasteiger partial charge on any atom is -0.448 e. The van der Waals surface area contributed by atoms with Crippen molar-refractivity contribution in [3.05, 3.63) is 55.5 Å². The van der Waals surface area contributed by atoms with Crippen molar-refractivity contribution in [2.75, 3.05) is 6.54 Å². The smallest absolute Gasteiger partial charge is 0.254 e. The molecule has 2 aromatic rings. The van der Waals surface area contributed by atoms with Crippen molar-refractivity contribution in [3.63, 3.8) is 0 Å². The summed E-state index contributed by atoms with van der Waals surface area (Å²) in [5.41, 5.74) is 11.9. The quantitative estimate of drug-likeness (QED) is 0.718. The number of H-pyrrole nitrogens is 1. The van der Waals surface area contributed by atoms with Crippen LogP contribution in [0.25, 0.3) is 0 Å². The number of fused-ring (bicyclic) bond motifs is 2. The number of aryl methyl sites for hydroxylation is 2. The molecule has 1 aromatic heterocycles. The summed E-state index contributed by atoms with van der Waals surface area (Å²) in [7, 11) is 0. The topological polar surface area (TPSA) is 97.7 Å². The van der Waals surface area contributed by atoms with E-state index in [-0.39, 0.29) is 23.4 Å². The first-order valence-corrected chi connectivity index (χ1v) is 12.4. The molecule has 0 bridgehead atoms. The van der Waals surface area contributed by atoms with Crippen LogP contribution in [0.5, 0.6) is 11.5 Å². The largest absolute Gasteiger partial charge is 0.448 e. The summed E-state index contributed by atoms with van der Waals surface area (Å²) in [5, 5.41) is 0. The molecule has 3 N–H and O–H groups in total. The van der Waals surface area contributed by atoms with Crippen LogP contribution in [0.3, 0.4) is 0 Å². The lowest BCUT2D eigenvalue weighted by atomic mass is 9.81. The van der Waals surface area contributed by atoms with Crippen molar-refractivity contribution < 1.29 is 14.3 Å². The molecular formula is C27H35N3O4. The summed E-state index contributed by atoms with van der Waals surface area (Å²) in [6.45, 7) is 10.7. The van der Waals surface area contributed by atoms with Gasteiger partial charge in [0.1, 0.15) is 0 Å². The number of hydrogen-bond acceptors (Lipinski definition) is 5. The third-order valence-electron chi connectivity index (χ3n) is 8.12. The van der Waals surface area contributed by atoms with E-state index in [0.717, 1.165) is 65.8 Å². The van der Waals surface area contributed by atoms with Gasteiger partial charge < -0.3 is 25.1 Å². The Hall–Kier alpha value is -2.80. The molecule has 3 aliphatic rings.